The van der Waals surface area contributed by atoms with E-state index in [1.807, 2.05) is 13.8 Å². The molecule has 1 fully saturated rings. The molecule has 0 saturated carbocycles. The van der Waals surface area contributed by atoms with E-state index in [0.717, 1.165) is 5.75 Å². The summed E-state index contributed by atoms with van der Waals surface area (Å²) in [4.78, 5) is 5.07. The van der Waals surface area contributed by atoms with Crippen LogP contribution in [-0.4, -0.2) is 28.6 Å². The molecule has 0 N–H and O–H groups in total. The normalized spacial score (nSPS) is 25.1. The van der Waals surface area contributed by atoms with Crippen LogP contribution in [0.4, 0.5) is 19.0 Å². The maximum Gasteiger partial charge on any atom is 0.251 e. The Morgan fingerprint density at radius 1 is 1.29 bits per heavy atom. The van der Waals surface area contributed by atoms with Crippen LogP contribution in [0.15, 0.2) is 6.07 Å². The lowest BCUT2D eigenvalue weighted by Gasteiger charge is -2.38. The second-order valence-electron chi connectivity index (χ2n) is 4.08. The van der Waals surface area contributed by atoms with Gasteiger partial charge in [0.25, 0.3) is 5.95 Å². The van der Waals surface area contributed by atoms with Gasteiger partial charge in [-0.3, -0.25) is 0 Å². The fourth-order valence-electron chi connectivity index (χ4n) is 1.87. The molecule has 0 radical (unpaired) electrons. The number of hydrogen-bond acceptors (Lipinski definition) is 3. The number of rotatable bonds is 1. The second kappa shape index (κ2) is 4.76. The van der Waals surface area contributed by atoms with Crippen LogP contribution >= 0.6 is 11.8 Å². The van der Waals surface area contributed by atoms with Gasteiger partial charge in [0, 0.05) is 29.7 Å². The fourth-order valence-corrected chi connectivity index (χ4v) is 2.97. The van der Waals surface area contributed by atoms with Crippen molar-refractivity contribution in [2.24, 2.45) is 0 Å². The highest BCUT2D eigenvalue weighted by atomic mass is 32.2. The number of halogens is 3. The summed E-state index contributed by atoms with van der Waals surface area (Å²) in [6, 6.07) is 0.595. The van der Waals surface area contributed by atoms with E-state index in [9.17, 15) is 13.2 Å². The molecule has 1 aliphatic heterocycles. The Morgan fingerprint density at radius 2 is 2.00 bits per heavy atom. The summed E-state index contributed by atoms with van der Waals surface area (Å²) in [5.74, 6) is -2.58. The van der Waals surface area contributed by atoms with E-state index in [4.69, 9.17) is 0 Å². The zero-order chi connectivity index (χ0) is 12.6. The summed E-state index contributed by atoms with van der Waals surface area (Å²) in [6.07, 6.45) is 0. The van der Waals surface area contributed by atoms with Crippen molar-refractivity contribution in [2.45, 2.75) is 25.1 Å². The van der Waals surface area contributed by atoms with Gasteiger partial charge in [-0.1, -0.05) is 6.92 Å². The third kappa shape index (κ3) is 2.36. The summed E-state index contributed by atoms with van der Waals surface area (Å²) in [7, 11) is 0. The molecule has 0 spiro atoms. The first-order valence-electron chi connectivity index (χ1n) is 5.40. The SMILES string of the molecule is CC1SCCN(c2nc(F)c(F)cc2F)C1C. The predicted octanol–water partition coefficient (Wildman–Crippen LogP) is 2.83. The zero-order valence-corrected chi connectivity index (χ0v) is 10.4. The van der Waals surface area contributed by atoms with Crippen LogP contribution in [0.2, 0.25) is 0 Å². The van der Waals surface area contributed by atoms with Crippen LogP contribution in [0.3, 0.4) is 0 Å². The Balaban J connectivity index is 2.36. The molecule has 94 valence electrons. The van der Waals surface area contributed by atoms with E-state index >= 15 is 0 Å². The van der Waals surface area contributed by atoms with Gasteiger partial charge in [0.2, 0.25) is 0 Å². The van der Waals surface area contributed by atoms with Crippen molar-refractivity contribution in [1.82, 2.24) is 4.98 Å². The Morgan fingerprint density at radius 3 is 2.71 bits per heavy atom. The molecule has 1 saturated heterocycles. The minimum atomic E-state index is -1.25. The molecule has 2 heterocycles. The van der Waals surface area contributed by atoms with Crippen LogP contribution in [0.1, 0.15) is 13.8 Å². The van der Waals surface area contributed by atoms with Crippen molar-refractivity contribution in [1.29, 1.82) is 0 Å². The summed E-state index contributed by atoms with van der Waals surface area (Å²) in [5, 5.41) is 0.304. The first-order valence-corrected chi connectivity index (χ1v) is 6.45. The lowest BCUT2D eigenvalue weighted by molar-refractivity contribution is 0.459. The Kier molecular flexibility index (Phi) is 3.51. The van der Waals surface area contributed by atoms with Crippen LogP contribution < -0.4 is 4.90 Å². The molecule has 2 nitrogen and oxygen atoms in total. The van der Waals surface area contributed by atoms with Crippen molar-refractivity contribution in [3.63, 3.8) is 0 Å². The second-order valence-corrected chi connectivity index (χ2v) is 5.56. The molecule has 2 atom stereocenters. The number of pyridine rings is 1. The van der Waals surface area contributed by atoms with Crippen molar-refractivity contribution >= 4 is 17.6 Å². The van der Waals surface area contributed by atoms with E-state index in [0.29, 0.717) is 17.9 Å². The highest BCUT2D eigenvalue weighted by molar-refractivity contribution is 8.00. The standard InChI is InChI=1S/C11H13F3N2S/c1-6-7(2)17-4-3-16(6)11-9(13)5-8(12)10(14)15-11/h5-7H,3-4H2,1-2H3. The maximum atomic E-state index is 13.6. The molecule has 1 aromatic heterocycles. The first-order chi connectivity index (χ1) is 8.00. The van der Waals surface area contributed by atoms with Crippen molar-refractivity contribution in [3.05, 3.63) is 23.6 Å². The van der Waals surface area contributed by atoms with E-state index in [-0.39, 0.29) is 11.9 Å². The van der Waals surface area contributed by atoms with Crippen molar-refractivity contribution < 1.29 is 13.2 Å². The average Bonchev–Trinajstić information content (AvgIpc) is 2.28. The predicted molar refractivity (Wildman–Crippen MR) is 62.8 cm³/mol. The number of thioether (sulfide) groups is 1. The molecule has 1 aromatic rings. The van der Waals surface area contributed by atoms with Gasteiger partial charge >= 0.3 is 0 Å². The quantitative estimate of drug-likeness (QED) is 0.724. The molecule has 0 aliphatic carbocycles. The molecular weight excluding hydrogens is 249 g/mol. The molecule has 17 heavy (non-hydrogen) atoms. The van der Waals surface area contributed by atoms with Crippen LogP contribution in [0.25, 0.3) is 0 Å². The van der Waals surface area contributed by atoms with Crippen LogP contribution in [0, 0.1) is 17.6 Å². The Labute approximate surface area is 102 Å². The van der Waals surface area contributed by atoms with Gasteiger partial charge in [0.05, 0.1) is 0 Å². The molecule has 0 bridgehead atoms. The largest absolute Gasteiger partial charge is 0.349 e. The Hall–Kier alpha value is -0.910. The highest BCUT2D eigenvalue weighted by Gasteiger charge is 2.29. The van der Waals surface area contributed by atoms with Gasteiger partial charge in [-0.25, -0.2) is 8.78 Å². The zero-order valence-electron chi connectivity index (χ0n) is 9.58. The summed E-state index contributed by atoms with van der Waals surface area (Å²) < 4.78 is 39.5. The number of aromatic nitrogens is 1. The lowest BCUT2D eigenvalue weighted by Crippen LogP contribution is -2.45. The van der Waals surface area contributed by atoms with E-state index in [1.165, 1.54) is 0 Å². The molecule has 1 aliphatic rings. The van der Waals surface area contributed by atoms with Gasteiger partial charge in [0.1, 0.15) is 0 Å². The molecule has 2 unspecified atom stereocenters. The van der Waals surface area contributed by atoms with Gasteiger partial charge in [0.15, 0.2) is 17.5 Å². The van der Waals surface area contributed by atoms with Crippen molar-refractivity contribution in [2.75, 3.05) is 17.2 Å². The highest BCUT2D eigenvalue weighted by Crippen LogP contribution is 2.29. The monoisotopic (exact) mass is 262 g/mol. The lowest BCUT2D eigenvalue weighted by atomic mass is 10.2. The molecule has 0 amide bonds. The van der Waals surface area contributed by atoms with E-state index < -0.39 is 17.6 Å². The van der Waals surface area contributed by atoms with Gasteiger partial charge in [-0.2, -0.15) is 21.1 Å². The molecular formula is C11H13F3N2S. The molecule has 2 rings (SSSR count). The first kappa shape index (κ1) is 12.5. The number of nitrogens with zero attached hydrogens (tertiary/aromatic N) is 2. The van der Waals surface area contributed by atoms with Gasteiger partial charge < -0.3 is 4.90 Å². The molecule has 6 heteroatoms. The smallest absolute Gasteiger partial charge is 0.251 e. The fraction of sp³-hybridized carbons (Fsp3) is 0.545. The Bertz CT molecular complexity index is 427. The summed E-state index contributed by atoms with van der Waals surface area (Å²) >= 11 is 1.78. The third-order valence-electron chi connectivity index (χ3n) is 3.02. The third-order valence-corrected chi connectivity index (χ3v) is 4.36. The van der Waals surface area contributed by atoms with Gasteiger partial charge in [-0.05, 0) is 6.92 Å². The van der Waals surface area contributed by atoms with E-state index in [2.05, 4.69) is 4.98 Å². The minimum absolute atomic E-state index is 0.0422. The minimum Gasteiger partial charge on any atom is -0.349 e. The topological polar surface area (TPSA) is 16.1 Å². The average molecular weight is 262 g/mol. The van der Waals surface area contributed by atoms with Crippen molar-refractivity contribution in [3.8, 4) is 0 Å². The maximum absolute atomic E-state index is 13.6. The summed E-state index contributed by atoms with van der Waals surface area (Å²) in [5.41, 5.74) is 0. The number of hydrogen-bond donors (Lipinski definition) is 0. The van der Waals surface area contributed by atoms with Gasteiger partial charge in [-0.15, -0.1) is 0 Å². The number of anilines is 1. The van der Waals surface area contributed by atoms with Crippen LogP contribution in [-0.2, 0) is 0 Å². The summed E-state index contributed by atoms with van der Waals surface area (Å²) in [6.45, 7) is 4.55. The molecule has 0 aromatic carbocycles. The van der Waals surface area contributed by atoms with E-state index in [1.54, 1.807) is 16.7 Å². The van der Waals surface area contributed by atoms with Crippen LogP contribution in [0.5, 0.6) is 0 Å².